The molecule has 2 heteroatoms. The largest absolute Gasteiger partial charge is 0.0691 e. The lowest BCUT2D eigenvalue weighted by Gasteiger charge is -2.36. The van der Waals surface area contributed by atoms with Gasteiger partial charge in [0.15, 0.2) is 0 Å². The van der Waals surface area contributed by atoms with Gasteiger partial charge in [0.05, 0.1) is 8.07 Å². The quantitative estimate of drug-likeness (QED) is 0.551. The van der Waals surface area contributed by atoms with Gasteiger partial charge in [-0.1, -0.05) is 93.6 Å². The van der Waals surface area contributed by atoms with Crippen molar-refractivity contribution in [2.75, 3.05) is 0 Å². The molecule has 0 aromatic heterocycles. The molecule has 2 aromatic carbocycles. The third-order valence-corrected chi connectivity index (χ3v) is 12.0. The first-order chi connectivity index (χ1) is 9.54. The highest BCUT2D eigenvalue weighted by Crippen LogP contribution is 2.45. The summed E-state index contributed by atoms with van der Waals surface area (Å²) in [5.41, 5.74) is 0. The number of benzene rings is 2. The van der Waals surface area contributed by atoms with Crippen molar-refractivity contribution in [1.82, 2.24) is 0 Å². The van der Waals surface area contributed by atoms with Crippen molar-refractivity contribution in [3.05, 3.63) is 60.7 Å². The van der Waals surface area contributed by atoms with E-state index in [4.69, 9.17) is 0 Å². The average molecular weight is 300 g/mol. The van der Waals surface area contributed by atoms with Crippen molar-refractivity contribution in [3.8, 4) is 0 Å². The van der Waals surface area contributed by atoms with Crippen LogP contribution in [0.2, 0.25) is 19.6 Å². The molecule has 106 valence electrons. The van der Waals surface area contributed by atoms with Crippen LogP contribution in [0.4, 0.5) is 0 Å². The molecule has 1 atom stereocenters. The maximum absolute atomic E-state index is 2.52. The van der Waals surface area contributed by atoms with E-state index in [0.717, 1.165) is 5.28 Å². The van der Waals surface area contributed by atoms with E-state index >= 15 is 0 Å². The monoisotopic (exact) mass is 300 g/mol. The van der Waals surface area contributed by atoms with Crippen molar-refractivity contribution in [2.45, 2.75) is 38.3 Å². The van der Waals surface area contributed by atoms with Crippen molar-refractivity contribution >= 4 is 26.6 Å². The first-order valence-electron chi connectivity index (χ1n) is 7.43. The van der Waals surface area contributed by atoms with Crippen molar-refractivity contribution in [3.63, 3.8) is 0 Å². The molecule has 2 rings (SSSR count). The van der Waals surface area contributed by atoms with Crippen LogP contribution in [0.3, 0.4) is 0 Å². The Balaban J connectivity index is 2.50. The lowest BCUT2D eigenvalue weighted by atomic mass is 10.4. The zero-order valence-electron chi connectivity index (χ0n) is 13.0. The van der Waals surface area contributed by atoms with E-state index in [0.29, 0.717) is 0 Å². The van der Waals surface area contributed by atoms with Gasteiger partial charge in [-0.25, -0.2) is 0 Å². The molecular formula is C18H25PSi. The summed E-state index contributed by atoms with van der Waals surface area (Å²) in [6.45, 7) is 9.91. The second kappa shape index (κ2) is 6.69. The fourth-order valence-corrected chi connectivity index (χ4v) is 10.5. The second-order valence-corrected chi connectivity index (χ2v) is 14.6. The second-order valence-electron chi connectivity index (χ2n) is 6.33. The van der Waals surface area contributed by atoms with E-state index in [2.05, 4.69) is 87.2 Å². The predicted molar refractivity (Wildman–Crippen MR) is 96.5 cm³/mol. The van der Waals surface area contributed by atoms with E-state index < -0.39 is 8.07 Å². The Labute approximate surface area is 126 Å². The van der Waals surface area contributed by atoms with Crippen LogP contribution in [0, 0.1) is 0 Å². The van der Waals surface area contributed by atoms with Gasteiger partial charge in [0.2, 0.25) is 0 Å². The molecule has 0 saturated heterocycles. The Hall–Kier alpha value is -0.913. The molecule has 0 saturated carbocycles. The molecule has 0 aliphatic heterocycles. The van der Waals surface area contributed by atoms with Crippen LogP contribution in [0.15, 0.2) is 60.7 Å². The molecule has 0 heterocycles. The van der Waals surface area contributed by atoms with Gasteiger partial charge in [-0.3, -0.25) is 0 Å². The summed E-state index contributed by atoms with van der Waals surface area (Å²) in [4.78, 5) is 0. The standard InChI is InChI=1S/C18H25PSi/c1-5-18(20(2,3)4)19(16-12-8-6-9-13-16)17-14-10-7-11-15-17/h6-15,18H,5H2,1-4H3. The van der Waals surface area contributed by atoms with Crippen LogP contribution in [0.1, 0.15) is 13.3 Å². The molecule has 0 nitrogen and oxygen atoms in total. The van der Waals surface area contributed by atoms with Gasteiger partial charge < -0.3 is 0 Å². The lowest BCUT2D eigenvalue weighted by Crippen LogP contribution is -2.40. The Morgan fingerprint density at radius 3 is 1.50 bits per heavy atom. The molecule has 0 bridgehead atoms. The summed E-state index contributed by atoms with van der Waals surface area (Å²) in [7, 11) is -1.43. The van der Waals surface area contributed by atoms with E-state index in [1.54, 1.807) is 0 Å². The first-order valence-corrected chi connectivity index (χ1v) is 12.4. The highest BCUT2D eigenvalue weighted by molar-refractivity contribution is 7.75. The number of rotatable bonds is 5. The highest BCUT2D eigenvalue weighted by atomic mass is 31.1. The number of hydrogen-bond donors (Lipinski definition) is 0. The van der Waals surface area contributed by atoms with E-state index in [-0.39, 0.29) is 7.92 Å². The Morgan fingerprint density at radius 1 is 0.800 bits per heavy atom. The van der Waals surface area contributed by atoms with Crippen LogP contribution in [-0.4, -0.2) is 13.4 Å². The molecule has 0 spiro atoms. The summed E-state index contributed by atoms with van der Waals surface area (Å²) >= 11 is 0. The van der Waals surface area contributed by atoms with Gasteiger partial charge in [-0.2, -0.15) is 0 Å². The molecular weight excluding hydrogens is 275 g/mol. The fraction of sp³-hybridized carbons (Fsp3) is 0.333. The lowest BCUT2D eigenvalue weighted by molar-refractivity contribution is 1.00. The molecule has 0 aliphatic rings. The molecule has 0 aliphatic carbocycles. The Kier molecular flexibility index (Phi) is 5.18. The number of hydrogen-bond acceptors (Lipinski definition) is 0. The molecule has 0 amide bonds. The summed E-state index contributed by atoms with van der Waals surface area (Å²) in [6.07, 6.45) is 1.28. The summed E-state index contributed by atoms with van der Waals surface area (Å²) < 4.78 is 0. The summed E-state index contributed by atoms with van der Waals surface area (Å²) in [5.74, 6) is 0. The van der Waals surface area contributed by atoms with Crippen LogP contribution in [-0.2, 0) is 0 Å². The smallest absolute Gasteiger partial charge is 0.0527 e. The summed E-state index contributed by atoms with van der Waals surface area (Å²) in [5, 5.41) is 3.90. The molecule has 20 heavy (non-hydrogen) atoms. The summed E-state index contributed by atoms with van der Waals surface area (Å²) in [6, 6.07) is 22.3. The van der Waals surface area contributed by atoms with E-state index in [1.165, 1.54) is 17.0 Å². The maximum atomic E-state index is 2.52. The molecule has 0 radical (unpaired) electrons. The zero-order chi connectivity index (χ0) is 14.6. The minimum Gasteiger partial charge on any atom is -0.0691 e. The van der Waals surface area contributed by atoms with Gasteiger partial charge in [0.1, 0.15) is 0 Å². The van der Waals surface area contributed by atoms with Crippen LogP contribution < -0.4 is 10.6 Å². The Bertz CT molecular complexity index is 477. The topological polar surface area (TPSA) is 0 Å². The van der Waals surface area contributed by atoms with Gasteiger partial charge >= 0.3 is 0 Å². The van der Waals surface area contributed by atoms with Crippen LogP contribution in [0.25, 0.3) is 0 Å². The predicted octanol–water partition coefficient (Wildman–Crippen LogP) is 4.78. The van der Waals surface area contributed by atoms with Crippen molar-refractivity contribution in [2.24, 2.45) is 0 Å². The van der Waals surface area contributed by atoms with Crippen molar-refractivity contribution in [1.29, 1.82) is 0 Å². The Morgan fingerprint density at radius 2 is 1.20 bits per heavy atom. The average Bonchev–Trinajstić information content (AvgIpc) is 2.45. The maximum Gasteiger partial charge on any atom is 0.0527 e. The fourth-order valence-electron chi connectivity index (χ4n) is 2.87. The van der Waals surface area contributed by atoms with Gasteiger partial charge in [-0.15, -0.1) is 0 Å². The van der Waals surface area contributed by atoms with Crippen molar-refractivity contribution < 1.29 is 0 Å². The minimum absolute atomic E-state index is 0.241. The van der Waals surface area contributed by atoms with Crippen LogP contribution in [0.5, 0.6) is 0 Å². The molecule has 0 N–H and O–H groups in total. The van der Waals surface area contributed by atoms with Gasteiger partial charge in [-0.05, 0) is 23.8 Å². The molecule has 1 unspecified atom stereocenters. The molecule has 0 fully saturated rings. The van der Waals surface area contributed by atoms with Gasteiger partial charge in [0, 0.05) is 0 Å². The third-order valence-electron chi connectivity index (χ3n) is 3.77. The van der Waals surface area contributed by atoms with Gasteiger partial charge in [0.25, 0.3) is 0 Å². The van der Waals surface area contributed by atoms with E-state index in [1.807, 2.05) is 0 Å². The van der Waals surface area contributed by atoms with E-state index in [9.17, 15) is 0 Å². The normalized spacial score (nSPS) is 13.4. The van der Waals surface area contributed by atoms with Crippen LogP contribution >= 0.6 is 7.92 Å². The highest BCUT2D eigenvalue weighted by Gasteiger charge is 2.33. The minimum atomic E-state index is -1.19. The first kappa shape index (κ1) is 15.5. The SMILES string of the molecule is CCC(P(c1ccccc1)c1ccccc1)[Si](C)(C)C. The zero-order valence-corrected chi connectivity index (χ0v) is 14.9. The molecule has 2 aromatic rings. The third kappa shape index (κ3) is 3.59.